The Morgan fingerprint density at radius 1 is 0.959 bits per heavy atom. The average molecular weight is 715 g/mol. The summed E-state index contributed by atoms with van der Waals surface area (Å²) >= 11 is 7.44. The SMILES string of the molecule is CCOC(=O)COc1ccc(CCCS(=O)(=O)c2ccc(Cl)cc2)cc1NC(=O)c1cccc(/C=C/c2nc(-c3ccc(C)cc3)cs2)c1. The van der Waals surface area contributed by atoms with Crippen LogP contribution in [0.3, 0.4) is 0 Å². The fourth-order valence-corrected chi connectivity index (χ4v) is 7.04. The Kier molecular flexibility index (Phi) is 12.0. The number of ether oxygens (including phenoxy) is 2. The number of sulfone groups is 1. The van der Waals surface area contributed by atoms with Gasteiger partial charge in [0.1, 0.15) is 10.8 Å². The van der Waals surface area contributed by atoms with Gasteiger partial charge in [-0.25, -0.2) is 18.2 Å². The molecular weight excluding hydrogens is 680 g/mol. The maximum atomic E-state index is 13.5. The second kappa shape index (κ2) is 16.6. The minimum atomic E-state index is -3.50. The van der Waals surface area contributed by atoms with Crippen LogP contribution in [0, 0.1) is 6.92 Å². The van der Waals surface area contributed by atoms with Crippen molar-refractivity contribution >= 4 is 62.5 Å². The molecule has 11 heteroatoms. The molecule has 0 radical (unpaired) electrons. The van der Waals surface area contributed by atoms with Crippen LogP contribution in [0.1, 0.15) is 45.4 Å². The first-order chi connectivity index (χ1) is 23.6. The zero-order valence-electron chi connectivity index (χ0n) is 27.0. The van der Waals surface area contributed by atoms with Gasteiger partial charge in [-0.15, -0.1) is 11.3 Å². The first kappa shape index (κ1) is 35.5. The van der Waals surface area contributed by atoms with E-state index in [0.29, 0.717) is 29.1 Å². The number of nitrogens with one attached hydrogen (secondary N) is 1. The lowest BCUT2D eigenvalue weighted by molar-refractivity contribution is -0.145. The molecule has 5 aromatic rings. The average Bonchev–Trinajstić information content (AvgIpc) is 3.57. The maximum Gasteiger partial charge on any atom is 0.344 e. The van der Waals surface area contributed by atoms with Crippen molar-refractivity contribution in [1.29, 1.82) is 0 Å². The van der Waals surface area contributed by atoms with Gasteiger partial charge in [0.25, 0.3) is 5.91 Å². The topological polar surface area (TPSA) is 112 Å². The molecule has 0 bridgehead atoms. The van der Waals surface area contributed by atoms with E-state index in [1.165, 1.54) is 29.0 Å². The highest BCUT2D eigenvalue weighted by Gasteiger charge is 2.16. The zero-order valence-corrected chi connectivity index (χ0v) is 29.4. The van der Waals surface area contributed by atoms with Crippen LogP contribution in [0.4, 0.5) is 5.69 Å². The summed E-state index contributed by atoms with van der Waals surface area (Å²) in [4.78, 5) is 30.4. The summed E-state index contributed by atoms with van der Waals surface area (Å²) in [6.07, 6.45) is 4.59. The Morgan fingerprint density at radius 2 is 1.73 bits per heavy atom. The number of carbonyl (C=O) groups is 2. The van der Waals surface area contributed by atoms with Gasteiger partial charge < -0.3 is 14.8 Å². The van der Waals surface area contributed by atoms with Gasteiger partial charge in [0.15, 0.2) is 16.4 Å². The predicted molar refractivity (Wildman–Crippen MR) is 196 cm³/mol. The first-order valence-corrected chi connectivity index (χ1v) is 18.5. The molecule has 0 unspecified atom stereocenters. The van der Waals surface area contributed by atoms with Gasteiger partial charge in [-0.05, 0) is 92.4 Å². The van der Waals surface area contributed by atoms with E-state index in [1.807, 2.05) is 30.5 Å². The lowest BCUT2D eigenvalue weighted by Crippen LogP contribution is -2.17. The molecule has 0 aliphatic heterocycles. The number of anilines is 1. The van der Waals surface area contributed by atoms with Crippen LogP contribution in [-0.2, 0) is 25.8 Å². The Morgan fingerprint density at radius 3 is 2.49 bits per heavy atom. The largest absolute Gasteiger partial charge is 0.480 e. The molecule has 0 spiro atoms. The summed E-state index contributed by atoms with van der Waals surface area (Å²) in [5.74, 6) is -0.703. The molecule has 0 aliphatic rings. The molecule has 1 N–H and O–H groups in total. The summed E-state index contributed by atoms with van der Waals surface area (Å²) in [5, 5.41) is 6.23. The molecule has 0 saturated heterocycles. The lowest BCUT2D eigenvalue weighted by Gasteiger charge is -2.14. The van der Waals surface area contributed by atoms with Crippen molar-refractivity contribution in [2.75, 3.05) is 24.3 Å². The third kappa shape index (κ3) is 10.1. The van der Waals surface area contributed by atoms with Crippen molar-refractivity contribution in [2.24, 2.45) is 0 Å². The molecule has 5 rings (SSSR count). The Labute approximate surface area is 295 Å². The number of benzene rings is 4. The predicted octanol–water partition coefficient (Wildman–Crippen LogP) is 8.54. The highest BCUT2D eigenvalue weighted by atomic mass is 35.5. The number of aryl methyl sites for hydroxylation is 2. The first-order valence-electron chi connectivity index (χ1n) is 15.6. The van der Waals surface area contributed by atoms with Gasteiger partial charge in [-0.3, -0.25) is 4.79 Å². The highest BCUT2D eigenvalue weighted by molar-refractivity contribution is 7.91. The van der Waals surface area contributed by atoms with E-state index < -0.39 is 15.8 Å². The number of carbonyl (C=O) groups excluding carboxylic acids is 2. The summed E-state index contributed by atoms with van der Waals surface area (Å²) in [5.41, 5.74) is 5.51. The van der Waals surface area contributed by atoms with Crippen molar-refractivity contribution in [3.63, 3.8) is 0 Å². The second-order valence-electron chi connectivity index (χ2n) is 11.2. The number of nitrogens with zero attached hydrogens (tertiary/aromatic N) is 1. The summed E-state index contributed by atoms with van der Waals surface area (Å²) < 4.78 is 36.3. The van der Waals surface area contributed by atoms with Gasteiger partial charge in [0, 0.05) is 21.5 Å². The van der Waals surface area contributed by atoms with Gasteiger partial charge in [-0.2, -0.15) is 0 Å². The van der Waals surface area contributed by atoms with Crippen LogP contribution >= 0.6 is 22.9 Å². The third-order valence-corrected chi connectivity index (χ3v) is 10.3. The van der Waals surface area contributed by atoms with Crippen molar-refractivity contribution in [3.05, 3.63) is 129 Å². The number of amides is 1. The molecular formula is C38H35ClN2O6S2. The number of hydrogen-bond donors (Lipinski definition) is 1. The summed E-state index contributed by atoms with van der Waals surface area (Å²) in [7, 11) is -3.50. The molecule has 0 atom stereocenters. The van der Waals surface area contributed by atoms with Crippen molar-refractivity contribution < 1.29 is 27.5 Å². The minimum Gasteiger partial charge on any atom is -0.480 e. The molecule has 1 heterocycles. The lowest BCUT2D eigenvalue weighted by atomic mass is 10.1. The van der Waals surface area contributed by atoms with E-state index in [0.717, 1.165) is 27.4 Å². The van der Waals surface area contributed by atoms with Crippen LogP contribution in [-0.4, -0.2) is 44.2 Å². The number of hydrogen-bond acceptors (Lipinski definition) is 8. The van der Waals surface area contributed by atoms with E-state index in [1.54, 1.807) is 55.5 Å². The number of rotatable bonds is 14. The summed E-state index contributed by atoms with van der Waals surface area (Å²) in [6.45, 7) is 3.63. The highest BCUT2D eigenvalue weighted by Crippen LogP contribution is 2.28. The standard InChI is InChI=1S/C38H35ClN2O6S2/c1-3-46-37(42)24-47-35-19-11-28(7-5-21-49(44,45)32-17-15-31(39)16-18-32)23-33(35)41-38(43)30-8-4-6-27(22-30)12-20-36-40-34(25-48-36)29-13-9-26(2)10-14-29/h4,6,8-20,22-23,25H,3,5,7,21,24H2,1-2H3,(H,41,43)/b20-12+. The monoisotopic (exact) mass is 714 g/mol. The molecule has 1 aromatic heterocycles. The minimum absolute atomic E-state index is 0.0635. The molecule has 0 aliphatic carbocycles. The summed E-state index contributed by atoms with van der Waals surface area (Å²) in [6, 6.07) is 26.6. The fourth-order valence-electron chi connectivity index (χ4n) is 4.89. The smallest absolute Gasteiger partial charge is 0.344 e. The second-order valence-corrected chi connectivity index (χ2v) is 14.6. The molecule has 4 aromatic carbocycles. The van der Waals surface area contributed by atoms with Crippen LogP contribution in [0.5, 0.6) is 5.75 Å². The Hall–Kier alpha value is -4.77. The van der Waals surface area contributed by atoms with Crippen LogP contribution in [0.2, 0.25) is 5.02 Å². The Balaban J connectivity index is 1.28. The van der Waals surface area contributed by atoms with Gasteiger partial charge in [-0.1, -0.05) is 65.7 Å². The molecule has 0 fully saturated rings. The molecule has 49 heavy (non-hydrogen) atoms. The van der Waals surface area contributed by atoms with Crippen LogP contribution < -0.4 is 10.1 Å². The molecule has 0 saturated carbocycles. The number of esters is 1. The van der Waals surface area contributed by atoms with Crippen LogP contribution in [0.15, 0.2) is 101 Å². The van der Waals surface area contributed by atoms with Crippen molar-refractivity contribution in [1.82, 2.24) is 4.98 Å². The zero-order chi connectivity index (χ0) is 34.8. The molecule has 252 valence electrons. The van der Waals surface area contributed by atoms with Crippen LogP contribution in [0.25, 0.3) is 23.4 Å². The fraction of sp³-hybridized carbons (Fsp3) is 0.184. The third-order valence-electron chi connectivity index (χ3n) is 7.43. The number of aromatic nitrogens is 1. The van der Waals surface area contributed by atoms with Crippen molar-refractivity contribution in [3.8, 4) is 17.0 Å². The van der Waals surface area contributed by atoms with Gasteiger partial charge in [0.05, 0.1) is 28.6 Å². The van der Waals surface area contributed by atoms with Gasteiger partial charge >= 0.3 is 5.97 Å². The number of halogens is 1. The Bertz CT molecular complexity index is 2060. The molecule has 8 nitrogen and oxygen atoms in total. The number of thiazole rings is 1. The van der Waals surface area contributed by atoms with E-state index in [2.05, 4.69) is 29.6 Å². The molecule has 1 amide bonds. The maximum absolute atomic E-state index is 13.5. The van der Waals surface area contributed by atoms with E-state index >= 15 is 0 Å². The van der Waals surface area contributed by atoms with E-state index in [9.17, 15) is 18.0 Å². The quantitative estimate of drug-likeness (QED) is 0.115. The normalized spacial score (nSPS) is 11.4. The van der Waals surface area contributed by atoms with E-state index in [4.69, 9.17) is 26.1 Å². The van der Waals surface area contributed by atoms with Crippen molar-refractivity contribution in [2.45, 2.75) is 31.6 Å². The van der Waals surface area contributed by atoms with Gasteiger partial charge in [0.2, 0.25) is 0 Å². The van der Waals surface area contributed by atoms with E-state index in [-0.39, 0.29) is 35.5 Å².